The van der Waals surface area contributed by atoms with Gasteiger partial charge in [0.25, 0.3) is 0 Å². The first-order valence-electron chi connectivity index (χ1n) is 7.63. The molecule has 0 aromatic carbocycles. The minimum Gasteiger partial charge on any atom is -0.334 e. The number of hydrogen-bond donors (Lipinski definition) is 1. The largest absolute Gasteiger partial charge is 0.334 e. The summed E-state index contributed by atoms with van der Waals surface area (Å²) >= 11 is 0. The smallest absolute Gasteiger partial charge is 0.317 e. The summed E-state index contributed by atoms with van der Waals surface area (Å²) in [7, 11) is 0. The van der Waals surface area contributed by atoms with E-state index in [0.29, 0.717) is 12.6 Å². The summed E-state index contributed by atoms with van der Waals surface area (Å²) in [5.41, 5.74) is 0. The number of rotatable bonds is 4. The van der Waals surface area contributed by atoms with Gasteiger partial charge in [0.05, 0.1) is 0 Å². The maximum Gasteiger partial charge on any atom is 0.317 e. The number of nitrogens with zero attached hydrogens (tertiary/aromatic N) is 4. The number of carbonyl (C=O) groups excluding carboxylic acids is 1. The molecule has 0 radical (unpaired) electrons. The van der Waals surface area contributed by atoms with Crippen LogP contribution in [0.1, 0.15) is 39.0 Å². The van der Waals surface area contributed by atoms with Crippen LogP contribution in [0.4, 0.5) is 4.79 Å². The molecular weight excluding hydrogens is 254 g/mol. The highest BCUT2D eigenvalue weighted by atomic mass is 16.2. The van der Waals surface area contributed by atoms with Crippen molar-refractivity contribution in [3.63, 3.8) is 0 Å². The molecule has 0 unspecified atom stereocenters. The molecule has 3 rings (SSSR count). The SMILES string of the molecule is C[C@@H](Cn1cnnc1)NC(=O)N1CCC[C@H]1C1CCC1. The zero-order chi connectivity index (χ0) is 13.9. The molecule has 20 heavy (non-hydrogen) atoms. The third kappa shape index (κ3) is 2.78. The van der Waals surface area contributed by atoms with Crippen molar-refractivity contribution in [1.29, 1.82) is 0 Å². The maximum atomic E-state index is 12.4. The lowest BCUT2D eigenvalue weighted by Crippen LogP contribution is -2.49. The van der Waals surface area contributed by atoms with Crippen LogP contribution in [0.3, 0.4) is 0 Å². The molecule has 2 atom stereocenters. The molecule has 1 saturated heterocycles. The molecule has 6 nitrogen and oxygen atoms in total. The summed E-state index contributed by atoms with van der Waals surface area (Å²) in [4.78, 5) is 14.5. The summed E-state index contributed by atoms with van der Waals surface area (Å²) < 4.78 is 1.89. The van der Waals surface area contributed by atoms with Crippen molar-refractivity contribution < 1.29 is 4.79 Å². The van der Waals surface area contributed by atoms with Gasteiger partial charge in [-0.25, -0.2) is 4.79 Å². The van der Waals surface area contributed by atoms with Crippen LogP contribution in [-0.4, -0.2) is 44.3 Å². The molecule has 0 spiro atoms. The maximum absolute atomic E-state index is 12.4. The lowest BCUT2D eigenvalue weighted by Gasteiger charge is -2.37. The Kier molecular flexibility index (Phi) is 3.89. The predicted octanol–water partition coefficient (Wildman–Crippen LogP) is 1.64. The Labute approximate surface area is 119 Å². The average molecular weight is 277 g/mol. The fraction of sp³-hybridized carbons (Fsp3) is 0.786. The predicted molar refractivity (Wildman–Crippen MR) is 75.1 cm³/mol. The Morgan fingerprint density at radius 3 is 2.70 bits per heavy atom. The van der Waals surface area contributed by atoms with Crippen molar-refractivity contribution in [1.82, 2.24) is 25.0 Å². The van der Waals surface area contributed by atoms with Gasteiger partial charge in [-0.15, -0.1) is 10.2 Å². The lowest BCUT2D eigenvalue weighted by molar-refractivity contribution is 0.137. The van der Waals surface area contributed by atoms with Gasteiger partial charge in [-0.1, -0.05) is 6.42 Å². The molecule has 1 aliphatic heterocycles. The molecule has 2 heterocycles. The Morgan fingerprint density at radius 2 is 2.05 bits per heavy atom. The topological polar surface area (TPSA) is 63.1 Å². The molecule has 2 amide bonds. The van der Waals surface area contributed by atoms with Gasteiger partial charge < -0.3 is 14.8 Å². The molecule has 0 bridgehead atoms. The number of nitrogens with one attached hydrogen (secondary N) is 1. The summed E-state index contributed by atoms with van der Waals surface area (Å²) in [6.45, 7) is 3.64. The first kappa shape index (κ1) is 13.4. The van der Waals surface area contributed by atoms with E-state index in [4.69, 9.17) is 0 Å². The van der Waals surface area contributed by atoms with E-state index in [1.807, 2.05) is 11.5 Å². The fourth-order valence-electron chi connectivity index (χ4n) is 3.33. The van der Waals surface area contributed by atoms with Crippen molar-refractivity contribution >= 4 is 6.03 Å². The Morgan fingerprint density at radius 1 is 1.30 bits per heavy atom. The highest BCUT2D eigenvalue weighted by Crippen LogP contribution is 2.37. The van der Waals surface area contributed by atoms with Crippen molar-refractivity contribution in [2.75, 3.05) is 6.54 Å². The van der Waals surface area contributed by atoms with Crippen LogP contribution in [0.15, 0.2) is 12.7 Å². The van der Waals surface area contributed by atoms with Gasteiger partial charge in [0.2, 0.25) is 0 Å². The molecule has 1 aromatic heterocycles. The average Bonchev–Trinajstić information content (AvgIpc) is 2.97. The van der Waals surface area contributed by atoms with E-state index in [2.05, 4.69) is 20.4 Å². The van der Waals surface area contributed by atoms with Crippen molar-refractivity contribution in [2.24, 2.45) is 5.92 Å². The van der Waals surface area contributed by atoms with E-state index in [9.17, 15) is 4.79 Å². The van der Waals surface area contributed by atoms with E-state index in [-0.39, 0.29) is 12.1 Å². The molecule has 110 valence electrons. The van der Waals surface area contributed by atoms with E-state index in [0.717, 1.165) is 18.9 Å². The number of hydrogen-bond acceptors (Lipinski definition) is 3. The van der Waals surface area contributed by atoms with Crippen LogP contribution < -0.4 is 5.32 Å². The molecule has 1 N–H and O–H groups in total. The molecule has 2 aliphatic rings. The van der Waals surface area contributed by atoms with Gasteiger partial charge in [-0.2, -0.15) is 0 Å². The minimum atomic E-state index is 0.0844. The minimum absolute atomic E-state index is 0.0844. The van der Waals surface area contributed by atoms with Crippen LogP contribution >= 0.6 is 0 Å². The number of amides is 2. The van der Waals surface area contributed by atoms with Crippen LogP contribution in [0.2, 0.25) is 0 Å². The van der Waals surface area contributed by atoms with Gasteiger partial charge in [0.15, 0.2) is 0 Å². The number of urea groups is 1. The second kappa shape index (κ2) is 5.81. The highest BCUT2D eigenvalue weighted by molar-refractivity contribution is 5.75. The van der Waals surface area contributed by atoms with E-state index < -0.39 is 0 Å². The highest BCUT2D eigenvalue weighted by Gasteiger charge is 2.37. The number of carbonyl (C=O) groups is 1. The van der Waals surface area contributed by atoms with Crippen LogP contribution in [0, 0.1) is 5.92 Å². The summed E-state index contributed by atoms with van der Waals surface area (Å²) in [5, 5.41) is 10.7. The quantitative estimate of drug-likeness (QED) is 0.910. The lowest BCUT2D eigenvalue weighted by atomic mass is 9.79. The fourth-order valence-corrected chi connectivity index (χ4v) is 3.33. The first-order chi connectivity index (χ1) is 9.74. The molecule has 2 fully saturated rings. The normalized spacial score (nSPS) is 24.4. The second-order valence-electron chi connectivity index (χ2n) is 6.10. The standard InChI is InChI=1S/C14H23N5O/c1-11(8-18-9-15-16-10-18)17-14(20)19-7-3-6-13(19)12-4-2-5-12/h9-13H,2-8H2,1H3,(H,17,20)/t11-,13-/m0/s1. The van der Waals surface area contributed by atoms with Crippen molar-refractivity contribution in [3.8, 4) is 0 Å². The monoisotopic (exact) mass is 277 g/mol. The van der Waals surface area contributed by atoms with Gasteiger partial charge in [0, 0.05) is 25.2 Å². The van der Waals surface area contributed by atoms with Crippen LogP contribution in [-0.2, 0) is 6.54 Å². The third-order valence-corrected chi connectivity index (χ3v) is 4.58. The summed E-state index contributed by atoms with van der Waals surface area (Å²) in [6, 6.07) is 0.659. The molecule has 1 aromatic rings. The van der Waals surface area contributed by atoms with Gasteiger partial charge in [0.1, 0.15) is 12.7 Å². The van der Waals surface area contributed by atoms with Crippen LogP contribution in [0.25, 0.3) is 0 Å². The number of likely N-dealkylation sites (tertiary alicyclic amines) is 1. The Balaban J connectivity index is 1.52. The zero-order valence-electron chi connectivity index (χ0n) is 12.0. The molecule has 1 saturated carbocycles. The van der Waals surface area contributed by atoms with E-state index in [1.165, 1.54) is 25.7 Å². The Hall–Kier alpha value is -1.59. The van der Waals surface area contributed by atoms with Crippen molar-refractivity contribution in [3.05, 3.63) is 12.7 Å². The molecule has 1 aliphatic carbocycles. The molecule has 6 heteroatoms. The van der Waals surface area contributed by atoms with Gasteiger partial charge in [-0.05, 0) is 38.5 Å². The third-order valence-electron chi connectivity index (χ3n) is 4.58. The van der Waals surface area contributed by atoms with Gasteiger partial charge >= 0.3 is 6.03 Å². The van der Waals surface area contributed by atoms with Crippen LogP contribution in [0.5, 0.6) is 0 Å². The zero-order valence-corrected chi connectivity index (χ0v) is 12.0. The molecular formula is C14H23N5O. The van der Waals surface area contributed by atoms with E-state index >= 15 is 0 Å². The summed E-state index contributed by atoms with van der Waals surface area (Å²) in [6.07, 6.45) is 9.60. The van der Waals surface area contributed by atoms with E-state index in [1.54, 1.807) is 12.7 Å². The second-order valence-corrected chi connectivity index (χ2v) is 6.10. The number of aromatic nitrogens is 3. The van der Waals surface area contributed by atoms with Gasteiger partial charge in [-0.3, -0.25) is 0 Å². The Bertz CT molecular complexity index is 442. The van der Waals surface area contributed by atoms with Crippen molar-refractivity contribution in [2.45, 2.75) is 57.7 Å². The first-order valence-corrected chi connectivity index (χ1v) is 7.63. The summed E-state index contributed by atoms with van der Waals surface area (Å²) in [5.74, 6) is 0.747.